The summed E-state index contributed by atoms with van der Waals surface area (Å²) in [6, 6.07) is 8.63. The van der Waals surface area contributed by atoms with Crippen LogP contribution >= 0.6 is 11.3 Å². The van der Waals surface area contributed by atoms with Crippen LogP contribution in [0.25, 0.3) is 0 Å². The zero-order valence-corrected chi connectivity index (χ0v) is 15.6. The van der Waals surface area contributed by atoms with Crippen molar-refractivity contribution in [1.29, 1.82) is 0 Å². The van der Waals surface area contributed by atoms with Crippen molar-refractivity contribution in [2.24, 2.45) is 5.92 Å². The summed E-state index contributed by atoms with van der Waals surface area (Å²) in [4.78, 5) is 33.2. The Hall–Kier alpha value is -2.45. The van der Waals surface area contributed by atoms with Gasteiger partial charge in [-0.05, 0) is 56.1 Å². The number of amides is 1. The first-order valence-electron chi connectivity index (χ1n) is 9.03. The lowest BCUT2D eigenvalue weighted by Gasteiger charge is -2.44. The van der Waals surface area contributed by atoms with E-state index in [1.165, 1.54) is 4.90 Å². The van der Waals surface area contributed by atoms with Crippen molar-refractivity contribution in [3.8, 4) is 0 Å². The second-order valence-corrected chi connectivity index (χ2v) is 8.07. The van der Waals surface area contributed by atoms with Crippen LogP contribution in [0.15, 0.2) is 36.5 Å². The molecule has 3 aliphatic heterocycles. The van der Waals surface area contributed by atoms with Gasteiger partial charge in [0.05, 0.1) is 6.54 Å². The number of fused-ring (bicyclic) bond motifs is 3. The highest BCUT2D eigenvalue weighted by Crippen LogP contribution is 2.30. The molecule has 0 radical (unpaired) electrons. The Morgan fingerprint density at radius 1 is 1.26 bits per heavy atom. The van der Waals surface area contributed by atoms with Gasteiger partial charge in [0.2, 0.25) is 0 Å². The third-order valence-electron chi connectivity index (χ3n) is 5.18. The molecule has 0 aliphatic carbocycles. The zero-order valence-electron chi connectivity index (χ0n) is 14.8. The summed E-state index contributed by atoms with van der Waals surface area (Å²) < 4.78 is 5.86. The van der Waals surface area contributed by atoms with E-state index in [1.807, 2.05) is 6.07 Å². The first-order chi connectivity index (χ1) is 13.1. The number of hydrogen-bond acceptors (Lipinski definition) is 6. The van der Waals surface area contributed by atoms with Crippen LogP contribution in [-0.4, -0.2) is 52.8 Å². The van der Waals surface area contributed by atoms with E-state index in [-0.39, 0.29) is 17.5 Å². The maximum Gasteiger partial charge on any atom is 0.416 e. The first kappa shape index (κ1) is 17.9. The number of thiophene rings is 1. The van der Waals surface area contributed by atoms with Crippen LogP contribution in [0.4, 0.5) is 10.6 Å². The number of aromatic nitrogens is 1. The Morgan fingerprint density at radius 2 is 2.07 bits per heavy atom. The topological polar surface area (TPSA) is 83.0 Å². The van der Waals surface area contributed by atoms with Crippen molar-refractivity contribution < 1.29 is 19.4 Å². The smallest absolute Gasteiger partial charge is 0.416 e. The maximum absolute atomic E-state index is 13.0. The highest BCUT2D eigenvalue weighted by atomic mass is 32.1. The lowest BCUT2D eigenvalue weighted by atomic mass is 9.86. The number of carboxylic acid groups (broad SMARTS) is 1. The van der Waals surface area contributed by atoms with Gasteiger partial charge in [0.15, 0.2) is 0 Å². The molecule has 0 aromatic carbocycles. The Kier molecular flexibility index (Phi) is 5.09. The number of hydrogen-bond donors (Lipinski definition) is 1. The molecule has 3 saturated heterocycles. The van der Waals surface area contributed by atoms with Crippen molar-refractivity contribution in [3.05, 3.63) is 46.3 Å². The van der Waals surface area contributed by atoms with Gasteiger partial charge in [-0.3, -0.25) is 9.80 Å². The van der Waals surface area contributed by atoms with Gasteiger partial charge in [0.25, 0.3) is 0 Å². The van der Waals surface area contributed by atoms with Gasteiger partial charge in [0, 0.05) is 17.6 Å². The van der Waals surface area contributed by atoms with E-state index in [9.17, 15) is 9.59 Å². The molecule has 3 aliphatic rings. The average Bonchev–Trinajstić information content (AvgIpc) is 3.17. The number of aromatic carboxylic acids is 1. The summed E-state index contributed by atoms with van der Waals surface area (Å²) in [7, 11) is 0. The molecule has 1 amide bonds. The first-order valence-corrected chi connectivity index (χ1v) is 9.85. The molecule has 2 aromatic rings. The van der Waals surface area contributed by atoms with E-state index in [2.05, 4.69) is 9.88 Å². The van der Waals surface area contributed by atoms with Gasteiger partial charge in [-0.15, -0.1) is 11.3 Å². The van der Waals surface area contributed by atoms with E-state index in [0.29, 0.717) is 11.7 Å². The van der Waals surface area contributed by atoms with E-state index in [0.717, 1.165) is 48.7 Å². The Morgan fingerprint density at radius 3 is 2.67 bits per heavy atom. The largest absolute Gasteiger partial charge is 0.477 e. The number of carbonyl (C=O) groups is 2. The second-order valence-electron chi connectivity index (χ2n) is 6.91. The number of nitrogens with zero attached hydrogens (tertiary/aromatic N) is 3. The van der Waals surface area contributed by atoms with Crippen LogP contribution in [0.1, 0.15) is 27.4 Å². The fourth-order valence-electron chi connectivity index (χ4n) is 3.72. The quantitative estimate of drug-likeness (QED) is 0.849. The zero-order chi connectivity index (χ0) is 18.8. The van der Waals surface area contributed by atoms with Crippen LogP contribution in [-0.2, 0) is 11.3 Å². The summed E-state index contributed by atoms with van der Waals surface area (Å²) >= 11 is 1.15. The molecule has 7 nitrogen and oxygen atoms in total. The summed E-state index contributed by atoms with van der Waals surface area (Å²) in [5.41, 5.74) is 0. The van der Waals surface area contributed by atoms with Gasteiger partial charge in [0.1, 0.15) is 16.8 Å². The molecule has 3 fully saturated rings. The Bertz CT molecular complexity index is 817. The highest BCUT2D eigenvalue weighted by molar-refractivity contribution is 7.13. The fraction of sp³-hybridized carbons (Fsp3) is 0.421. The van der Waals surface area contributed by atoms with Crippen LogP contribution in [0.5, 0.6) is 0 Å². The normalized spacial score (nSPS) is 23.8. The van der Waals surface area contributed by atoms with E-state index in [4.69, 9.17) is 9.84 Å². The third kappa shape index (κ3) is 3.96. The molecule has 27 heavy (non-hydrogen) atoms. The molecule has 0 saturated carbocycles. The molecule has 5 heterocycles. The predicted molar refractivity (Wildman–Crippen MR) is 101 cm³/mol. The summed E-state index contributed by atoms with van der Waals surface area (Å²) in [6.45, 7) is 3.18. The number of rotatable bonds is 5. The number of carboxylic acids is 1. The van der Waals surface area contributed by atoms with Crippen LogP contribution in [0, 0.1) is 5.92 Å². The van der Waals surface area contributed by atoms with Crippen molar-refractivity contribution in [1.82, 2.24) is 9.88 Å². The maximum atomic E-state index is 13.0. The Balaban J connectivity index is 1.52. The third-order valence-corrected chi connectivity index (χ3v) is 6.24. The molecule has 2 aromatic heterocycles. The minimum Gasteiger partial charge on any atom is -0.477 e. The standard InChI is InChI=1S/C19H21N3O4S/c23-18(24)16-5-4-14(27-16)11-22(17-3-1-2-8-20-17)19(25)26-15-12-21-9-6-13(15)7-10-21/h1-5,8,13,15H,6-7,9-12H2,(H,23,24)/t15-/m0/s1. The molecule has 8 heteroatoms. The summed E-state index contributed by atoms with van der Waals surface area (Å²) in [5.74, 6) is -0.0515. The SMILES string of the molecule is O=C(O)c1ccc(CN(C(=O)O[C@H]2CN3CCC2CC3)c2ccccn2)s1. The molecule has 142 valence electrons. The Labute approximate surface area is 161 Å². The summed E-state index contributed by atoms with van der Waals surface area (Å²) in [5, 5.41) is 9.12. The molecule has 1 N–H and O–H groups in total. The number of ether oxygens (including phenoxy) is 1. The van der Waals surface area contributed by atoms with Crippen molar-refractivity contribution in [2.45, 2.75) is 25.5 Å². The van der Waals surface area contributed by atoms with Gasteiger partial charge in [-0.1, -0.05) is 6.07 Å². The number of carbonyl (C=O) groups excluding carboxylic acids is 1. The fourth-order valence-corrected chi connectivity index (χ4v) is 4.56. The van der Waals surface area contributed by atoms with E-state index < -0.39 is 12.1 Å². The number of piperidine rings is 3. The average molecular weight is 387 g/mol. The molecule has 0 unspecified atom stereocenters. The minimum absolute atomic E-state index is 0.0934. The predicted octanol–water partition coefficient (Wildman–Crippen LogP) is 3.08. The van der Waals surface area contributed by atoms with Gasteiger partial charge in [-0.2, -0.15) is 0 Å². The molecular formula is C19H21N3O4S. The number of pyridine rings is 1. The number of anilines is 1. The monoisotopic (exact) mass is 387 g/mol. The molecule has 0 spiro atoms. The van der Waals surface area contributed by atoms with Gasteiger partial charge >= 0.3 is 12.1 Å². The molecule has 2 bridgehead atoms. The van der Waals surface area contributed by atoms with E-state index in [1.54, 1.807) is 30.5 Å². The van der Waals surface area contributed by atoms with Crippen LogP contribution in [0.2, 0.25) is 0 Å². The summed E-state index contributed by atoms with van der Waals surface area (Å²) in [6.07, 6.45) is 3.23. The molecule has 5 rings (SSSR count). The van der Waals surface area contributed by atoms with Crippen LogP contribution < -0.4 is 4.90 Å². The molecular weight excluding hydrogens is 366 g/mol. The highest BCUT2D eigenvalue weighted by Gasteiger charge is 2.37. The van der Waals surface area contributed by atoms with Crippen molar-refractivity contribution >= 4 is 29.2 Å². The van der Waals surface area contributed by atoms with Crippen molar-refractivity contribution in [3.63, 3.8) is 0 Å². The lowest BCUT2D eigenvalue weighted by molar-refractivity contribution is -0.0311. The van der Waals surface area contributed by atoms with Crippen LogP contribution in [0.3, 0.4) is 0 Å². The molecule has 1 atom stereocenters. The minimum atomic E-state index is -0.967. The van der Waals surface area contributed by atoms with Crippen molar-refractivity contribution in [2.75, 3.05) is 24.5 Å². The van der Waals surface area contributed by atoms with Gasteiger partial charge < -0.3 is 9.84 Å². The van der Waals surface area contributed by atoms with E-state index >= 15 is 0 Å². The second kappa shape index (κ2) is 7.66. The lowest BCUT2D eigenvalue weighted by Crippen LogP contribution is -2.53. The van der Waals surface area contributed by atoms with Gasteiger partial charge in [-0.25, -0.2) is 14.6 Å².